The summed E-state index contributed by atoms with van der Waals surface area (Å²) in [7, 11) is 0. The Labute approximate surface area is 60.3 Å². The van der Waals surface area contributed by atoms with Crippen molar-refractivity contribution in [1.82, 2.24) is 10.6 Å². The van der Waals surface area contributed by atoms with Crippen molar-refractivity contribution >= 4 is 0 Å². The molecular weight excluding hydrogens is 124 g/mol. The highest BCUT2D eigenvalue weighted by Crippen LogP contribution is 2.13. The van der Waals surface area contributed by atoms with E-state index in [4.69, 9.17) is 0 Å². The Balaban J connectivity index is 2.25. The lowest BCUT2D eigenvalue weighted by Crippen LogP contribution is -2.22. The third kappa shape index (κ3) is 0.817. The molecule has 0 amide bonds. The molecule has 2 rings (SSSR count). The van der Waals surface area contributed by atoms with Crippen molar-refractivity contribution in [2.45, 2.75) is 6.42 Å². The van der Waals surface area contributed by atoms with Gasteiger partial charge in [0.05, 0.1) is 5.70 Å². The number of hydrogen-bond donors (Lipinski definition) is 1. The van der Waals surface area contributed by atoms with Crippen LogP contribution in [0, 0.1) is 0 Å². The third-order valence-electron chi connectivity index (χ3n) is 1.66. The van der Waals surface area contributed by atoms with E-state index >= 15 is 0 Å². The molecule has 0 fully saturated rings. The first-order chi connectivity index (χ1) is 4.97. The van der Waals surface area contributed by atoms with E-state index in [1.165, 1.54) is 5.70 Å². The Morgan fingerprint density at radius 2 is 2.40 bits per heavy atom. The van der Waals surface area contributed by atoms with Crippen molar-refractivity contribution in [3.05, 3.63) is 35.8 Å². The van der Waals surface area contributed by atoms with E-state index in [1.807, 2.05) is 6.20 Å². The van der Waals surface area contributed by atoms with Gasteiger partial charge >= 0.3 is 0 Å². The largest absolute Gasteiger partial charge is 0.383 e. The molecule has 0 saturated carbocycles. The van der Waals surface area contributed by atoms with Gasteiger partial charge in [-0.3, -0.25) is 5.32 Å². The van der Waals surface area contributed by atoms with Gasteiger partial charge in [-0.15, -0.1) is 0 Å². The number of nitrogens with one attached hydrogen (secondary N) is 1. The fourth-order valence-electron chi connectivity index (χ4n) is 1.15. The first-order valence-corrected chi connectivity index (χ1v) is 3.46. The SMILES string of the molecule is C1=CC2=C(CC=C[N]2)NC1. The molecule has 0 aliphatic carbocycles. The number of rotatable bonds is 0. The average Bonchev–Trinajstić information content (AvgIpc) is 2.05. The molecule has 51 valence electrons. The maximum Gasteiger partial charge on any atom is 0.0819 e. The molecule has 1 N–H and O–H groups in total. The molecule has 2 aliphatic heterocycles. The van der Waals surface area contributed by atoms with Gasteiger partial charge in [0.1, 0.15) is 0 Å². The van der Waals surface area contributed by atoms with E-state index in [9.17, 15) is 0 Å². The Morgan fingerprint density at radius 3 is 3.30 bits per heavy atom. The van der Waals surface area contributed by atoms with Crippen LogP contribution in [0.5, 0.6) is 0 Å². The van der Waals surface area contributed by atoms with E-state index < -0.39 is 0 Å². The zero-order valence-electron chi connectivity index (χ0n) is 5.67. The molecule has 0 saturated heterocycles. The summed E-state index contributed by atoms with van der Waals surface area (Å²) in [5.74, 6) is 0. The van der Waals surface area contributed by atoms with Crippen molar-refractivity contribution in [3.63, 3.8) is 0 Å². The predicted octanol–water partition coefficient (Wildman–Crippen LogP) is 0.879. The minimum absolute atomic E-state index is 0.947. The lowest BCUT2D eigenvalue weighted by Gasteiger charge is -2.17. The Bertz CT molecular complexity index is 223. The fourth-order valence-corrected chi connectivity index (χ4v) is 1.15. The topological polar surface area (TPSA) is 26.1 Å². The number of allylic oxidation sites excluding steroid dienone is 2. The molecule has 1 radical (unpaired) electrons. The highest BCUT2D eigenvalue weighted by Gasteiger charge is 2.08. The van der Waals surface area contributed by atoms with Crippen LogP contribution in [0.3, 0.4) is 0 Å². The first kappa shape index (κ1) is 5.59. The van der Waals surface area contributed by atoms with E-state index in [2.05, 4.69) is 28.9 Å². The van der Waals surface area contributed by atoms with Crippen LogP contribution >= 0.6 is 0 Å². The van der Waals surface area contributed by atoms with Gasteiger partial charge < -0.3 is 5.32 Å². The van der Waals surface area contributed by atoms with E-state index in [1.54, 1.807) is 0 Å². The zero-order chi connectivity index (χ0) is 6.81. The summed E-state index contributed by atoms with van der Waals surface area (Å²) in [5.41, 5.74) is 2.35. The Kier molecular flexibility index (Phi) is 1.24. The number of hydrogen-bond acceptors (Lipinski definition) is 1. The summed E-state index contributed by atoms with van der Waals surface area (Å²) >= 11 is 0. The van der Waals surface area contributed by atoms with Gasteiger partial charge in [0.2, 0.25) is 0 Å². The summed E-state index contributed by atoms with van der Waals surface area (Å²) in [5, 5.41) is 7.47. The van der Waals surface area contributed by atoms with Crippen LogP contribution in [-0.4, -0.2) is 6.54 Å². The lowest BCUT2D eigenvalue weighted by molar-refractivity contribution is 0.792. The summed E-state index contributed by atoms with van der Waals surface area (Å²) in [6.07, 6.45) is 9.07. The Morgan fingerprint density at radius 1 is 1.40 bits per heavy atom. The molecular formula is C8H9N2. The van der Waals surface area contributed by atoms with E-state index in [0.29, 0.717) is 0 Å². The van der Waals surface area contributed by atoms with Crippen LogP contribution in [0.2, 0.25) is 0 Å². The monoisotopic (exact) mass is 133 g/mol. The maximum absolute atomic E-state index is 4.20. The molecule has 0 unspecified atom stereocenters. The van der Waals surface area contributed by atoms with Gasteiger partial charge in [-0.2, -0.15) is 0 Å². The molecule has 0 aromatic carbocycles. The summed E-state index contributed by atoms with van der Waals surface area (Å²) in [6.45, 7) is 0.947. The second-order valence-corrected chi connectivity index (χ2v) is 2.37. The van der Waals surface area contributed by atoms with E-state index in [-0.39, 0.29) is 0 Å². The van der Waals surface area contributed by atoms with Gasteiger partial charge in [0, 0.05) is 24.9 Å². The maximum atomic E-state index is 4.20. The molecule has 10 heavy (non-hydrogen) atoms. The second-order valence-electron chi connectivity index (χ2n) is 2.37. The van der Waals surface area contributed by atoms with Gasteiger partial charge in [-0.1, -0.05) is 12.2 Å². The quantitative estimate of drug-likeness (QED) is 0.521. The molecule has 0 aromatic rings. The van der Waals surface area contributed by atoms with Crippen LogP contribution in [0.15, 0.2) is 35.8 Å². The van der Waals surface area contributed by atoms with Gasteiger partial charge in [-0.05, 0) is 6.08 Å². The zero-order valence-corrected chi connectivity index (χ0v) is 5.67. The first-order valence-electron chi connectivity index (χ1n) is 3.46. The summed E-state index contributed by atoms with van der Waals surface area (Å²) in [6, 6.07) is 0. The van der Waals surface area contributed by atoms with E-state index in [0.717, 1.165) is 18.7 Å². The number of dihydropyridines is 1. The van der Waals surface area contributed by atoms with Crippen molar-refractivity contribution in [1.29, 1.82) is 0 Å². The third-order valence-corrected chi connectivity index (χ3v) is 1.66. The Hall–Kier alpha value is -1.18. The summed E-state index contributed by atoms with van der Waals surface area (Å²) < 4.78 is 0. The molecule has 0 bridgehead atoms. The molecule has 0 atom stereocenters. The van der Waals surface area contributed by atoms with Gasteiger partial charge in [0.15, 0.2) is 0 Å². The number of nitrogens with zero attached hydrogens (tertiary/aromatic N) is 1. The molecule has 0 spiro atoms. The molecule has 2 nitrogen and oxygen atoms in total. The highest BCUT2D eigenvalue weighted by molar-refractivity contribution is 5.32. The van der Waals surface area contributed by atoms with Gasteiger partial charge in [-0.25, -0.2) is 0 Å². The van der Waals surface area contributed by atoms with Crippen LogP contribution in [0.1, 0.15) is 6.42 Å². The smallest absolute Gasteiger partial charge is 0.0819 e. The highest BCUT2D eigenvalue weighted by atomic mass is 15.0. The molecule has 2 aliphatic rings. The summed E-state index contributed by atoms with van der Waals surface area (Å²) in [4.78, 5) is 0. The standard InChI is InChI=1S/C8H9N2/c1-3-7-8(9-5-1)4-2-6-10-7/h1-3,6,9H,4-5H2. The van der Waals surface area contributed by atoms with Crippen LogP contribution in [0.4, 0.5) is 0 Å². The van der Waals surface area contributed by atoms with Gasteiger partial charge in [0.25, 0.3) is 0 Å². The minimum Gasteiger partial charge on any atom is -0.383 e. The van der Waals surface area contributed by atoms with Crippen LogP contribution in [-0.2, 0) is 0 Å². The van der Waals surface area contributed by atoms with Crippen LogP contribution in [0.25, 0.3) is 0 Å². The molecule has 2 heterocycles. The average molecular weight is 133 g/mol. The minimum atomic E-state index is 0.947. The van der Waals surface area contributed by atoms with Crippen molar-refractivity contribution in [3.8, 4) is 0 Å². The predicted molar refractivity (Wildman–Crippen MR) is 40.1 cm³/mol. The fraction of sp³-hybridized carbons (Fsp3) is 0.250. The normalized spacial score (nSPS) is 21.6. The van der Waals surface area contributed by atoms with Crippen molar-refractivity contribution in [2.75, 3.05) is 6.54 Å². The molecule has 2 heteroatoms. The lowest BCUT2D eigenvalue weighted by atomic mass is 10.1. The second kappa shape index (κ2) is 2.21. The van der Waals surface area contributed by atoms with Crippen LogP contribution < -0.4 is 10.6 Å². The van der Waals surface area contributed by atoms with Crippen molar-refractivity contribution < 1.29 is 0 Å². The molecule has 0 aromatic heterocycles. The van der Waals surface area contributed by atoms with Crippen molar-refractivity contribution in [2.24, 2.45) is 0 Å².